The van der Waals surface area contributed by atoms with E-state index in [4.69, 9.17) is 4.42 Å². The molecule has 0 aromatic carbocycles. The average molecular weight is 253 g/mol. The van der Waals surface area contributed by atoms with E-state index in [1.807, 2.05) is 80.5 Å². The molecule has 18 heavy (non-hydrogen) atoms. The van der Waals surface area contributed by atoms with Crippen LogP contribution in [0, 0.1) is 6.92 Å². The van der Waals surface area contributed by atoms with Crippen molar-refractivity contribution in [3.8, 4) is 0 Å². The zero-order valence-electron chi connectivity index (χ0n) is 13.7. The van der Waals surface area contributed by atoms with E-state index in [-0.39, 0.29) is 0 Å². The molecule has 0 radical (unpaired) electrons. The largest absolute Gasteiger partial charge is 0.449 e. The number of rotatable bonds is 2. The topological polar surface area (TPSA) is 26.0 Å². The van der Waals surface area contributed by atoms with Gasteiger partial charge in [-0.15, -0.1) is 0 Å². The van der Waals surface area contributed by atoms with Crippen molar-refractivity contribution in [2.24, 2.45) is 0 Å². The molecule has 2 heteroatoms. The van der Waals surface area contributed by atoms with Crippen LogP contribution in [0.1, 0.15) is 67.0 Å². The van der Waals surface area contributed by atoms with Gasteiger partial charge in [0.1, 0.15) is 12.0 Å². The number of nitrogens with zero attached hydrogens (tertiary/aromatic N) is 1. The van der Waals surface area contributed by atoms with Gasteiger partial charge in [-0.1, -0.05) is 59.8 Å². The van der Waals surface area contributed by atoms with E-state index in [9.17, 15) is 0 Å². The first kappa shape index (κ1) is 21.9. The number of hydrogen-bond donors (Lipinski definition) is 0. The number of allylic oxidation sites excluding steroid dienone is 4. The minimum absolute atomic E-state index is 0.703. The van der Waals surface area contributed by atoms with Crippen molar-refractivity contribution < 1.29 is 4.42 Å². The van der Waals surface area contributed by atoms with Crippen molar-refractivity contribution in [2.75, 3.05) is 0 Å². The molecule has 0 saturated carbocycles. The Morgan fingerprint density at radius 3 is 1.83 bits per heavy atom. The SMILES string of the molecule is C/C=C\C(=C/C)c1coc(C)n1.CC.CC.CC. The molecule has 0 aliphatic rings. The summed E-state index contributed by atoms with van der Waals surface area (Å²) in [6.45, 7) is 17.8. The fourth-order valence-corrected chi connectivity index (χ4v) is 1.01. The lowest BCUT2D eigenvalue weighted by atomic mass is 10.2. The maximum absolute atomic E-state index is 5.11. The molecule has 0 unspecified atom stereocenters. The summed E-state index contributed by atoms with van der Waals surface area (Å²) in [4.78, 5) is 4.21. The Labute approximate surface area is 114 Å². The monoisotopic (exact) mass is 253 g/mol. The molecule has 1 rings (SSSR count). The van der Waals surface area contributed by atoms with E-state index >= 15 is 0 Å². The molecule has 1 heterocycles. The van der Waals surface area contributed by atoms with Crippen LogP contribution in [-0.2, 0) is 0 Å². The van der Waals surface area contributed by atoms with Gasteiger partial charge in [0.25, 0.3) is 0 Å². The van der Waals surface area contributed by atoms with Gasteiger partial charge in [0.2, 0.25) is 0 Å². The van der Waals surface area contributed by atoms with Crippen LogP contribution in [0.25, 0.3) is 5.57 Å². The quantitative estimate of drug-likeness (QED) is 0.600. The van der Waals surface area contributed by atoms with E-state index in [1.165, 1.54) is 0 Å². The fourth-order valence-electron chi connectivity index (χ4n) is 1.01. The van der Waals surface area contributed by atoms with E-state index in [0.29, 0.717) is 5.89 Å². The first-order valence-electron chi connectivity index (χ1n) is 6.99. The van der Waals surface area contributed by atoms with Crippen molar-refractivity contribution in [1.29, 1.82) is 0 Å². The highest BCUT2D eigenvalue weighted by Gasteiger charge is 2.01. The molecular weight excluding hydrogens is 222 g/mol. The van der Waals surface area contributed by atoms with E-state index < -0.39 is 0 Å². The third-order valence-electron chi connectivity index (χ3n) is 1.57. The van der Waals surface area contributed by atoms with Crippen molar-refractivity contribution in [1.82, 2.24) is 4.98 Å². The summed E-state index contributed by atoms with van der Waals surface area (Å²) in [5, 5.41) is 0. The summed E-state index contributed by atoms with van der Waals surface area (Å²) < 4.78 is 5.11. The molecule has 0 saturated heterocycles. The molecule has 0 spiro atoms. The zero-order chi connectivity index (χ0) is 15.0. The van der Waals surface area contributed by atoms with Gasteiger partial charge in [-0.05, 0) is 19.4 Å². The van der Waals surface area contributed by atoms with Crippen molar-refractivity contribution in [3.63, 3.8) is 0 Å². The lowest BCUT2D eigenvalue weighted by molar-refractivity contribution is 0.521. The van der Waals surface area contributed by atoms with Gasteiger partial charge in [0, 0.05) is 6.92 Å². The number of aryl methyl sites for hydroxylation is 1. The predicted octanol–water partition coefficient (Wildman–Crippen LogP) is 6.04. The molecule has 0 atom stereocenters. The maximum Gasteiger partial charge on any atom is 0.191 e. The number of hydrogen-bond acceptors (Lipinski definition) is 2. The Hall–Kier alpha value is -1.31. The highest BCUT2D eigenvalue weighted by molar-refractivity contribution is 5.70. The number of oxazole rings is 1. The zero-order valence-corrected chi connectivity index (χ0v) is 13.7. The Morgan fingerprint density at radius 1 is 1.06 bits per heavy atom. The summed E-state index contributed by atoms with van der Waals surface area (Å²) in [5.74, 6) is 0.703. The molecule has 0 aliphatic heterocycles. The van der Waals surface area contributed by atoms with E-state index in [2.05, 4.69) is 4.98 Å². The van der Waals surface area contributed by atoms with Crippen LogP contribution in [-0.4, -0.2) is 4.98 Å². The average Bonchev–Trinajstić information content (AvgIpc) is 2.89. The van der Waals surface area contributed by atoms with Crippen LogP contribution in [0.5, 0.6) is 0 Å². The van der Waals surface area contributed by atoms with Crippen LogP contribution in [0.4, 0.5) is 0 Å². The lowest BCUT2D eigenvalue weighted by Gasteiger charge is -1.92. The lowest BCUT2D eigenvalue weighted by Crippen LogP contribution is -1.79. The van der Waals surface area contributed by atoms with Gasteiger partial charge in [0.15, 0.2) is 5.89 Å². The van der Waals surface area contributed by atoms with Gasteiger partial charge in [-0.25, -0.2) is 4.98 Å². The van der Waals surface area contributed by atoms with Crippen LogP contribution in [0.15, 0.2) is 28.9 Å². The molecule has 2 nitrogen and oxygen atoms in total. The Kier molecular flexibility index (Phi) is 22.0. The van der Waals surface area contributed by atoms with Gasteiger partial charge >= 0.3 is 0 Å². The van der Waals surface area contributed by atoms with Gasteiger partial charge in [0.05, 0.1) is 0 Å². The molecule has 0 bridgehead atoms. The Balaban J connectivity index is -0.000000328. The second-order valence-electron chi connectivity index (χ2n) is 2.50. The summed E-state index contributed by atoms with van der Waals surface area (Å²) in [6.07, 6.45) is 7.68. The molecule has 0 amide bonds. The van der Waals surface area contributed by atoms with Gasteiger partial charge in [-0.3, -0.25) is 0 Å². The molecule has 106 valence electrons. The normalized spacial score (nSPS) is 9.50. The van der Waals surface area contributed by atoms with Crippen LogP contribution in [0.2, 0.25) is 0 Å². The van der Waals surface area contributed by atoms with Crippen LogP contribution in [0.3, 0.4) is 0 Å². The smallest absolute Gasteiger partial charge is 0.191 e. The summed E-state index contributed by atoms with van der Waals surface area (Å²) in [6, 6.07) is 0. The molecule has 0 N–H and O–H groups in total. The first-order valence-corrected chi connectivity index (χ1v) is 6.99. The summed E-state index contributed by atoms with van der Waals surface area (Å²) >= 11 is 0. The summed E-state index contributed by atoms with van der Waals surface area (Å²) in [7, 11) is 0. The second-order valence-corrected chi connectivity index (χ2v) is 2.50. The minimum Gasteiger partial charge on any atom is -0.449 e. The van der Waals surface area contributed by atoms with Gasteiger partial charge in [-0.2, -0.15) is 0 Å². The first-order chi connectivity index (χ1) is 8.77. The van der Waals surface area contributed by atoms with E-state index in [0.717, 1.165) is 11.3 Å². The predicted molar refractivity (Wildman–Crippen MR) is 83.7 cm³/mol. The molecule has 0 fully saturated rings. The minimum atomic E-state index is 0.703. The highest BCUT2D eigenvalue weighted by atomic mass is 16.3. The van der Waals surface area contributed by atoms with Crippen molar-refractivity contribution in [3.05, 3.63) is 36.1 Å². The maximum atomic E-state index is 5.11. The molecular formula is C16H31NO. The highest BCUT2D eigenvalue weighted by Crippen LogP contribution is 2.14. The van der Waals surface area contributed by atoms with Crippen molar-refractivity contribution >= 4 is 5.57 Å². The third-order valence-corrected chi connectivity index (χ3v) is 1.57. The third kappa shape index (κ3) is 9.88. The van der Waals surface area contributed by atoms with E-state index in [1.54, 1.807) is 6.26 Å². The summed E-state index contributed by atoms with van der Waals surface area (Å²) in [5.41, 5.74) is 1.99. The fraction of sp³-hybridized carbons (Fsp3) is 0.562. The van der Waals surface area contributed by atoms with Crippen LogP contribution < -0.4 is 0 Å². The second kappa shape index (κ2) is 18.1. The van der Waals surface area contributed by atoms with Crippen molar-refractivity contribution in [2.45, 2.75) is 62.3 Å². The standard InChI is InChI=1S/C10H13NO.3C2H6/c1-4-6-9(5-2)10-7-12-8(3)11-10;3*1-2/h4-7H,1-3H3;3*1-2H3/b6-4-,9-5+;;;. The molecule has 1 aromatic heterocycles. The Morgan fingerprint density at radius 2 is 1.56 bits per heavy atom. The molecule has 0 aliphatic carbocycles. The number of aromatic nitrogens is 1. The molecule has 1 aromatic rings. The van der Waals surface area contributed by atoms with Gasteiger partial charge < -0.3 is 4.42 Å². The Bertz CT molecular complexity index is 309. The van der Waals surface area contributed by atoms with Crippen LogP contribution >= 0.6 is 0 Å².